The van der Waals surface area contributed by atoms with E-state index in [0.29, 0.717) is 18.1 Å². The molecular weight excluding hydrogens is 340 g/mol. The van der Waals surface area contributed by atoms with Crippen LogP contribution in [0.2, 0.25) is 0 Å². The molecule has 4 rings (SSSR count). The van der Waals surface area contributed by atoms with Gasteiger partial charge in [0, 0.05) is 23.9 Å². The monoisotopic (exact) mass is 358 g/mol. The molecule has 6 nitrogen and oxygen atoms in total. The van der Waals surface area contributed by atoms with Crippen LogP contribution in [-0.4, -0.2) is 20.7 Å². The van der Waals surface area contributed by atoms with Crippen molar-refractivity contribution in [3.05, 3.63) is 90.6 Å². The third-order valence-electron chi connectivity index (χ3n) is 4.06. The molecule has 2 aromatic carbocycles. The Morgan fingerprint density at radius 1 is 1.04 bits per heavy atom. The van der Waals surface area contributed by atoms with Crippen molar-refractivity contribution < 1.29 is 9.21 Å². The van der Waals surface area contributed by atoms with Crippen LogP contribution in [0.15, 0.2) is 83.7 Å². The van der Waals surface area contributed by atoms with Crippen LogP contribution in [0.25, 0.3) is 17.1 Å². The predicted octanol–water partition coefficient (Wildman–Crippen LogP) is 3.39. The van der Waals surface area contributed by atoms with Gasteiger partial charge in [0.15, 0.2) is 0 Å². The summed E-state index contributed by atoms with van der Waals surface area (Å²) in [7, 11) is 0. The first-order valence-electron chi connectivity index (χ1n) is 8.63. The molecule has 0 spiro atoms. The lowest BCUT2D eigenvalue weighted by Crippen LogP contribution is -2.24. The Morgan fingerprint density at radius 2 is 1.78 bits per heavy atom. The average Bonchev–Trinajstić information content (AvgIpc) is 3.37. The molecule has 27 heavy (non-hydrogen) atoms. The summed E-state index contributed by atoms with van der Waals surface area (Å²) in [6, 6.07) is 19.4. The second-order valence-corrected chi connectivity index (χ2v) is 6.09. The third kappa shape index (κ3) is 4.12. The normalized spacial score (nSPS) is 10.7. The zero-order valence-electron chi connectivity index (χ0n) is 14.6. The predicted molar refractivity (Wildman–Crippen MR) is 101 cm³/mol. The fourth-order valence-corrected chi connectivity index (χ4v) is 2.70. The molecule has 0 fully saturated rings. The van der Waals surface area contributed by atoms with E-state index in [0.717, 1.165) is 16.8 Å². The van der Waals surface area contributed by atoms with Crippen molar-refractivity contribution in [2.45, 2.75) is 13.0 Å². The number of hydrogen-bond acceptors (Lipinski definition) is 4. The van der Waals surface area contributed by atoms with Gasteiger partial charge in [-0.05, 0) is 24.3 Å². The van der Waals surface area contributed by atoms with Gasteiger partial charge in [0.1, 0.15) is 6.26 Å². The molecule has 1 N–H and O–H groups in total. The zero-order valence-corrected chi connectivity index (χ0v) is 14.6. The van der Waals surface area contributed by atoms with Gasteiger partial charge < -0.3 is 9.73 Å². The van der Waals surface area contributed by atoms with Gasteiger partial charge in [0.25, 0.3) is 0 Å². The summed E-state index contributed by atoms with van der Waals surface area (Å²) in [6.45, 7) is 0.412. The second-order valence-electron chi connectivity index (χ2n) is 6.09. The fraction of sp³-hybridized carbons (Fsp3) is 0.0952. The molecular formula is C21H18N4O2. The third-order valence-corrected chi connectivity index (χ3v) is 4.06. The highest BCUT2D eigenvalue weighted by atomic mass is 16.3. The zero-order chi connectivity index (χ0) is 18.5. The minimum atomic E-state index is -0.115. The fourth-order valence-electron chi connectivity index (χ4n) is 2.70. The maximum absolute atomic E-state index is 12.2. The summed E-state index contributed by atoms with van der Waals surface area (Å²) in [5, 5.41) is 7.21. The van der Waals surface area contributed by atoms with Crippen LogP contribution in [0.5, 0.6) is 0 Å². The molecule has 4 aromatic rings. The van der Waals surface area contributed by atoms with Crippen LogP contribution in [0, 0.1) is 0 Å². The van der Waals surface area contributed by atoms with E-state index in [1.54, 1.807) is 10.9 Å². The Labute approximate surface area is 156 Å². The number of benzene rings is 2. The number of oxazole rings is 1. The number of hydrogen-bond donors (Lipinski definition) is 1. The lowest BCUT2D eigenvalue weighted by Gasteiger charge is -2.02. The van der Waals surface area contributed by atoms with Gasteiger partial charge >= 0.3 is 0 Å². The number of nitrogens with zero attached hydrogens (tertiary/aromatic N) is 3. The standard InChI is InChI=1S/C21H18N4O2/c26-20(11-18-15-27-21(24-18)17-7-3-1-4-8-17)22-12-16-13-23-25(14-16)19-9-5-2-6-10-19/h1-10,13-15H,11-12H2,(H,22,26). The van der Waals surface area contributed by atoms with Gasteiger partial charge in [-0.15, -0.1) is 0 Å². The van der Waals surface area contributed by atoms with E-state index >= 15 is 0 Å². The molecule has 6 heteroatoms. The average molecular weight is 358 g/mol. The van der Waals surface area contributed by atoms with Crippen molar-refractivity contribution in [1.29, 1.82) is 0 Å². The number of carbonyl (C=O) groups excluding carboxylic acids is 1. The number of para-hydroxylation sites is 1. The minimum absolute atomic E-state index is 0.115. The molecule has 0 saturated carbocycles. The summed E-state index contributed by atoms with van der Waals surface area (Å²) < 4.78 is 7.25. The van der Waals surface area contributed by atoms with Gasteiger partial charge in [-0.2, -0.15) is 5.10 Å². The van der Waals surface area contributed by atoms with Crippen molar-refractivity contribution in [2.24, 2.45) is 0 Å². The van der Waals surface area contributed by atoms with Gasteiger partial charge in [0.05, 0.1) is 24.0 Å². The second kappa shape index (κ2) is 7.70. The van der Waals surface area contributed by atoms with E-state index in [-0.39, 0.29) is 12.3 Å². The summed E-state index contributed by atoms with van der Waals surface area (Å²) in [6.07, 6.45) is 5.34. The number of aromatic nitrogens is 3. The summed E-state index contributed by atoms with van der Waals surface area (Å²) in [5.41, 5.74) is 3.40. The van der Waals surface area contributed by atoms with Crippen LogP contribution in [0.3, 0.4) is 0 Å². The Morgan fingerprint density at radius 3 is 2.56 bits per heavy atom. The molecule has 0 bridgehead atoms. The van der Waals surface area contributed by atoms with E-state index in [1.807, 2.05) is 66.9 Å². The molecule has 0 aliphatic heterocycles. The molecule has 0 saturated heterocycles. The lowest BCUT2D eigenvalue weighted by molar-refractivity contribution is -0.120. The van der Waals surface area contributed by atoms with Crippen molar-refractivity contribution in [3.63, 3.8) is 0 Å². The van der Waals surface area contributed by atoms with Gasteiger partial charge in [0.2, 0.25) is 11.8 Å². The van der Waals surface area contributed by atoms with E-state index in [2.05, 4.69) is 15.4 Å². The Hall–Kier alpha value is -3.67. The highest BCUT2D eigenvalue weighted by Gasteiger charge is 2.10. The lowest BCUT2D eigenvalue weighted by atomic mass is 10.2. The van der Waals surface area contributed by atoms with Crippen molar-refractivity contribution >= 4 is 5.91 Å². The molecule has 2 aromatic heterocycles. The van der Waals surface area contributed by atoms with Crippen LogP contribution in [0.4, 0.5) is 0 Å². The maximum atomic E-state index is 12.2. The highest BCUT2D eigenvalue weighted by molar-refractivity contribution is 5.78. The largest absolute Gasteiger partial charge is 0.444 e. The molecule has 0 unspecified atom stereocenters. The van der Waals surface area contributed by atoms with Gasteiger partial charge in [-0.1, -0.05) is 36.4 Å². The van der Waals surface area contributed by atoms with Crippen LogP contribution in [0.1, 0.15) is 11.3 Å². The Bertz CT molecular complexity index is 1020. The molecule has 0 aliphatic carbocycles. The van der Waals surface area contributed by atoms with Gasteiger partial charge in [-0.25, -0.2) is 9.67 Å². The van der Waals surface area contributed by atoms with Crippen LogP contribution >= 0.6 is 0 Å². The van der Waals surface area contributed by atoms with Crippen LogP contribution in [-0.2, 0) is 17.8 Å². The van der Waals surface area contributed by atoms with E-state index in [9.17, 15) is 4.79 Å². The molecule has 0 atom stereocenters. The molecule has 0 radical (unpaired) electrons. The molecule has 1 amide bonds. The first kappa shape index (κ1) is 16.8. The maximum Gasteiger partial charge on any atom is 0.226 e. The Balaban J connectivity index is 1.33. The number of nitrogens with one attached hydrogen (secondary N) is 1. The summed E-state index contributed by atoms with van der Waals surface area (Å²) in [4.78, 5) is 16.6. The number of rotatable bonds is 6. The number of amides is 1. The molecule has 0 aliphatic rings. The molecule has 134 valence electrons. The summed E-state index contributed by atoms with van der Waals surface area (Å²) in [5.74, 6) is 0.401. The number of carbonyl (C=O) groups is 1. The SMILES string of the molecule is O=C(Cc1coc(-c2ccccc2)n1)NCc1cnn(-c2ccccc2)c1. The van der Waals surface area contributed by atoms with Gasteiger partial charge in [-0.3, -0.25) is 4.79 Å². The first-order valence-corrected chi connectivity index (χ1v) is 8.63. The van der Waals surface area contributed by atoms with E-state index in [1.165, 1.54) is 6.26 Å². The quantitative estimate of drug-likeness (QED) is 0.573. The van der Waals surface area contributed by atoms with E-state index < -0.39 is 0 Å². The summed E-state index contributed by atoms with van der Waals surface area (Å²) >= 11 is 0. The van der Waals surface area contributed by atoms with Crippen molar-refractivity contribution in [1.82, 2.24) is 20.1 Å². The molecule has 2 heterocycles. The van der Waals surface area contributed by atoms with Crippen molar-refractivity contribution in [2.75, 3.05) is 0 Å². The first-order chi connectivity index (χ1) is 13.3. The van der Waals surface area contributed by atoms with E-state index in [4.69, 9.17) is 4.42 Å². The minimum Gasteiger partial charge on any atom is -0.444 e. The highest BCUT2D eigenvalue weighted by Crippen LogP contribution is 2.18. The topological polar surface area (TPSA) is 73.0 Å². The Kier molecular flexibility index (Phi) is 4.78. The van der Waals surface area contributed by atoms with Crippen LogP contribution < -0.4 is 5.32 Å². The van der Waals surface area contributed by atoms with Crippen molar-refractivity contribution in [3.8, 4) is 17.1 Å². The smallest absolute Gasteiger partial charge is 0.226 e.